The predicted octanol–water partition coefficient (Wildman–Crippen LogP) is 3.40. The summed E-state index contributed by atoms with van der Waals surface area (Å²) in [6.07, 6.45) is 3.21. The Morgan fingerprint density at radius 3 is 2.59 bits per heavy atom. The summed E-state index contributed by atoms with van der Waals surface area (Å²) in [6, 6.07) is 3.83. The molecule has 2 N–H and O–H groups in total. The molecule has 120 valence electrons. The lowest BCUT2D eigenvalue weighted by molar-refractivity contribution is 0.0310. The van der Waals surface area contributed by atoms with Crippen LogP contribution in [-0.2, 0) is 0 Å². The highest BCUT2D eigenvalue weighted by Gasteiger charge is 2.30. The molecule has 0 aliphatic carbocycles. The molecule has 0 aromatic heterocycles. The average molecular weight is 303 g/mol. The van der Waals surface area contributed by atoms with Crippen LogP contribution in [0.3, 0.4) is 0 Å². The third-order valence-electron chi connectivity index (χ3n) is 4.71. The van der Waals surface area contributed by atoms with Gasteiger partial charge in [-0.05, 0) is 50.3 Å². The Bertz CT molecular complexity index is 586. The zero-order valence-electron chi connectivity index (χ0n) is 13.5. The minimum absolute atomic E-state index is 0.246. The molecule has 4 heteroatoms. The summed E-state index contributed by atoms with van der Waals surface area (Å²) in [5, 5.41) is 20.4. The van der Waals surface area contributed by atoms with Gasteiger partial charge in [0.15, 0.2) is 6.23 Å². The number of hydrogen-bond acceptors (Lipinski definition) is 4. The molecule has 1 aromatic rings. The number of aryl methyl sites for hydroxylation is 1. The van der Waals surface area contributed by atoms with E-state index in [2.05, 4.69) is 11.8 Å². The first-order chi connectivity index (χ1) is 10.5. The molecule has 2 aliphatic rings. The number of aliphatic hydroxyl groups is 2. The molecule has 1 fully saturated rings. The van der Waals surface area contributed by atoms with E-state index in [1.54, 1.807) is 13.0 Å². The number of nitrogens with zero attached hydrogens (tertiary/aromatic N) is 1. The van der Waals surface area contributed by atoms with Gasteiger partial charge in [-0.1, -0.05) is 6.92 Å². The highest BCUT2D eigenvalue weighted by atomic mass is 16.5. The van der Waals surface area contributed by atoms with Crippen LogP contribution in [0.4, 0.5) is 0 Å². The van der Waals surface area contributed by atoms with E-state index in [9.17, 15) is 10.2 Å². The molecule has 2 atom stereocenters. The maximum Gasteiger partial charge on any atom is 0.175 e. The molecule has 0 bridgehead atoms. The van der Waals surface area contributed by atoms with E-state index < -0.39 is 6.10 Å². The van der Waals surface area contributed by atoms with Crippen LogP contribution >= 0.6 is 0 Å². The second-order valence-corrected chi connectivity index (χ2v) is 6.69. The van der Waals surface area contributed by atoms with Gasteiger partial charge in [0, 0.05) is 24.7 Å². The fourth-order valence-corrected chi connectivity index (χ4v) is 3.28. The zero-order chi connectivity index (χ0) is 15.9. The van der Waals surface area contributed by atoms with Gasteiger partial charge in [0.1, 0.15) is 11.5 Å². The average Bonchev–Trinajstić information content (AvgIpc) is 2.47. The highest BCUT2D eigenvalue weighted by Crippen LogP contribution is 2.38. The van der Waals surface area contributed by atoms with Crippen molar-refractivity contribution < 1.29 is 14.9 Å². The Kier molecular flexibility index (Phi) is 4.15. The second-order valence-electron chi connectivity index (χ2n) is 6.69. The van der Waals surface area contributed by atoms with Crippen LogP contribution in [0.2, 0.25) is 0 Å². The quantitative estimate of drug-likeness (QED) is 0.879. The van der Waals surface area contributed by atoms with Crippen molar-refractivity contribution in [2.24, 2.45) is 5.92 Å². The van der Waals surface area contributed by atoms with Gasteiger partial charge < -0.3 is 14.9 Å². The minimum Gasteiger partial charge on any atom is -0.507 e. The van der Waals surface area contributed by atoms with Gasteiger partial charge in [-0.25, -0.2) is 0 Å². The Morgan fingerprint density at radius 1 is 1.27 bits per heavy atom. The molecule has 0 spiro atoms. The summed E-state index contributed by atoms with van der Waals surface area (Å²) in [5.41, 5.74) is 2.42. The Morgan fingerprint density at radius 2 is 1.95 bits per heavy atom. The highest BCUT2D eigenvalue weighted by molar-refractivity contribution is 5.69. The summed E-state index contributed by atoms with van der Waals surface area (Å²) >= 11 is 0. The van der Waals surface area contributed by atoms with Crippen LogP contribution in [0.15, 0.2) is 18.2 Å². The van der Waals surface area contributed by atoms with Gasteiger partial charge in [0.2, 0.25) is 0 Å². The first-order valence-electron chi connectivity index (χ1n) is 8.10. The van der Waals surface area contributed by atoms with Crippen molar-refractivity contribution in [1.29, 1.82) is 0 Å². The van der Waals surface area contributed by atoms with E-state index >= 15 is 0 Å². The lowest BCUT2D eigenvalue weighted by atomic mass is 9.97. The van der Waals surface area contributed by atoms with Crippen LogP contribution in [-0.4, -0.2) is 34.4 Å². The summed E-state index contributed by atoms with van der Waals surface area (Å²) in [7, 11) is 0. The van der Waals surface area contributed by atoms with Crippen molar-refractivity contribution in [2.75, 3.05) is 13.1 Å². The molecular formula is C18H25NO3. The molecule has 2 unspecified atom stereocenters. The van der Waals surface area contributed by atoms with Crippen molar-refractivity contribution in [3.8, 4) is 5.75 Å². The number of aliphatic hydroxyl groups excluding tert-OH is 2. The summed E-state index contributed by atoms with van der Waals surface area (Å²) in [4.78, 5) is 2.25. The van der Waals surface area contributed by atoms with Crippen LogP contribution in [0, 0.1) is 12.8 Å². The fraction of sp³-hybridized carbons (Fsp3) is 0.556. The molecule has 2 aliphatic heterocycles. The summed E-state index contributed by atoms with van der Waals surface area (Å²) in [5.74, 6) is 1.61. The molecule has 1 aromatic carbocycles. The SMILES string of the molecule is Cc1cc2c(c(C(C)O)c1)OC(N1CCC(C)CC1)C=C2O. The first kappa shape index (κ1) is 15.4. The van der Waals surface area contributed by atoms with E-state index in [4.69, 9.17) is 4.74 Å². The third-order valence-corrected chi connectivity index (χ3v) is 4.71. The standard InChI is InChI=1S/C18H25NO3/c1-11-4-6-19(7-5-11)17-10-16(21)15-9-12(2)8-14(13(3)20)18(15)22-17/h8-11,13,17,20-21H,4-7H2,1-3H3. The molecule has 4 nitrogen and oxygen atoms in total. The van der Waals surface area contributed by atoms with Crippen molar-refractivity contribution in [3.05, 3.63) is 34.9 Å². The second kappa shape index (κ2) is 5.94. The van der Waals surface area contributed by atoms with Gasteiger partial charge in [-0.2, -0.15) is 0 Å². The number of hydrogen-bond donors (Lipinski definition) is 2. The van der Waals surface area contributed by atoms with E-state index in [0.717, 1.165) is 43.0 Å². The molecule has 22 heavy (non-hydrogen) atoms. The monoisotopic (exact) mass is 303 g/mol. The van der Waals surface area contributed by atoms with E-state index in [0.29, 0.717) is 11.3 Å². The number of likely N-dealkylation sites (tertiary alicyclic amines) is 1. The van der Waals surface area contributed by atoms with Crippen molar-refractivity contribution in [3.63, 3.8) is 0 Å². The van der Waals surface area contributed by atoms with Gasteiger partial charge >= 0.3 is 0 Å². The van der Waals surface area contributed by atoms with Crippen molar-refractivity contribution in [1.82, 2.24) is 4.90 Å². The fourth-order valence-electron chi connectivity index (χ4n) is 3.28. The number of fused-ring (bicyclic) bond motifs is 1. The summed E-state index contributed by atoms with van der Waals surface area (Å²) < 4.78 is 6.15. The summed E-state index contributed by atoms with van der Waals surface area (Å²) in [6.45, 7) is 7.90. The van der Waals surface area contributed by atoms with Crippen LogP contribution < -0.4 is 4.74 Å². The van der Waals surface area contributed by atoms with Gasteiger partial charge in [-0.15, -0.1) is 0 Å². The van der Waals surface area contributed by atoms with Crippen LogP contribution in [0.5, 0.6) is 5.75 Å². The normalized spacial score (nSPS) is 24.4. The predicted molar refractivity (Wildman–Crippen MR) is 86.8 cm³/mol. The molecular weight excluding hydrogens is 278 g/mol. The molecule has 2 heterocycles. The van der Waals surface area contributed by atoms with Gasteiger partial charge in [-0.3, -0.25) is 4.90 Å². The first-order valence-corrected chi connectivity index (χ1v) is 8.10. The van der Waals surface area contributed by atoms with E-state index in [1.807, 2.05) is 19.1 Å². The Labute approximate surface area is 132 Å². The molecule has 0 radical (unpaired) electrons. The van der Waals surface area contributed by atoms with Crippen LogP contribution in [0.25, 0.3) is 5.76 Å². The van der Waals surface area contributed by atoms with Crippen molar-refractivity contribution >= 4 is 5.76 Å². The third kappa shape index (κ3) is 2.85. The molecule has 3 rings (SSSR count). The van der Waals surface area contributed by atoms with Gasteiger partial charge in [0.05, 0.1) is 11.7 Å². The Hall–Kier alpha value is -1.52. The number of piperidine rings is 1. The van der Waals surface area contributed by atoms with Crippen LogP contribution in [0.1, 0.15) is 49.5 Å². The topological polar surface area (TPSA) is 52.9 Å². The van der Waals surface area contributed by atoms with Gasteiger partial charge in [0.25, 0.3) is 0 Å². The number of ether oxygens (including phenoxy) is 1. The largest absolute Gasteiger partial charge is 0.507 e. The molecule has 0 amide bonds. The smallest absolute Gasteiger partial charge is 0.175 e. The van der Waals surface area contributed by atoms with E-state index in [1.165, 1.54) is 0 Å². The minimum atomic E-state index is -0.624. The number of rotatable bonds is 2. The van der Waals surface area contributed by atoms with Crippen molar-refractivity contribution in [2.45, 2.75) is 45.9 Å². The van der Waals surface area contributed by atoms with E-state index in [-0.39, 0.29) is 12.0 Å². The maximum atomic E-state index is 10.4. The number of benzene rings is 1. The Balaban J connectivity index is 1.92. The lowest BCUT2D eigenvalue weighted by Gasteiger charge is -2.37. The lowest BCUT2D eigenvalue weighted by Crippen LogP contribution is -2.44. The maximum absolute atomic E-state index is 10.4. The zero-order valence-corrected chi connectivity index (χ0v) is 13.5. The molecule has 0 saturated carbocycles. The molecule has 1 saturated heterocycles.